The molecule has 0 radical (unpaired) electrons. The molecule has 0 aliphatic carbocycles. The number of nitrogens with one attached hydrogen (secondary N) is 1. The first-order valence-electron chi connectivity index (χ1n) is 5.92. The summed E-state index contributed by atoms with van der Waals surface area (Å²) in [5.41, 5.74) is 0.590. The largest absolute Gasteiger partial charge is 0.351 e. The Balaban J connectivity index is 2.68. The molecule has 0 saturated heterocycles. The predicted molar refractivity (Wildman–Crippen MR) is 73.6 cm³/mol. The molecule has 1 heterocycles. The molecule has 0 saturated carbocycles. The Morgan fingerprint density at radius 2 is 1.94 bits per heavy atom. The molecule has 1 aromatic rings. The molecule has 0 fully saturated rings. The van der Waals surface area contributed by atoms with E-state index in [4.69, 9.17) is 4.74 Å². The molecule has 4 heteroatoms. The third-order valence-electron chi connectivity index (χ3n) is 2.25. The molecule has 0 spiro atoms. The fraction of sp³-hybridized carbons (Fsp3) is 0.692. The summed E-state index contributed by atoms with van der Waals surface area (Å²) in [5, 5.41) is 12.8. The zero-order chi connectivity index (χ0) is 13.2. The van der Waals surface area contributed by atoms with Gasteiger partial charge in [-0.05, 0) is 39.7 Å². The first-order valence-corrected chi connectivity index (χ1v) is 6.73. The Bertz CT molecular complexity index is 366. The highest BCUT2D eigenvalue weighted by Gasteiger charge is 2.18. The average Bonchev–Trinajstić information content (AvgIpc) is 2.44. The number of thiophene rings is 1. The van der Waals surface area contributed by atoms with Crippen LogP contribution in [0.2, 0.25) is 0 Å². The van der Waals surface area contributed by atoms with Crippen molar-refractivity contribution in [1.29, 1.82) is 0 Å². The van der Waals surface area contributed by atoms with Crippen LogP contribution in [-0.2, 0) is 4.74 Å². The number of ether oxygens (including phenoxy) is 1. The minimum Gasteiger partial charge on any atom is -0.351 e. The van der Waals surface area contributed by atoms with Gasteiger partial charge >= 0.3 is 0 Å². The summed E-state index contributed by atoms with van der Waals surface area (Å²) in [6, 6.07) is 2.08. The Morgan fingerprint density at radius 3 is 2.35 bits per heavy atom. The van der Waals surface area contributed by atoms with Crippen molar-refractivity contribution in [2.75, 3.05) is 5.32 Å². The second-order valence-corrected chi connectivity index (χ2v) is 6.79. The van der Waals surface area contributed by atoms with Crippen molar-refractivity contribution < 1.29 is 9.84 Å². The van der Waals surface area contributed by atoms with Gasteiger partial charge in [0.05, 0.1) is 11.3 Å². The molecule has 0 bridgehead atoms. The minimum atomic E-state index is -0.969. The molecule has 0 aromatic carbocycles. The summed E-state index contributed by atoms with van der Waals surface area (Å²) in [7, 11) is 0. The van der Waals surface area contributed by atoms with Gasteiger partial charge in [0.2, 0.25) is 6.41 Å². The number of aliphatic hydroxyl groups is 1. The maximum Gasteiger partial charge on any atom is 0.235 e. The van der Waals surface area contributed by atoms with Crippen molar-refractivity contribution >= 4 is 17.0 Å². The molecule has 1 unspecified atom stereocenters. The number of aryl methyl sites for hydroxylation is 1. The van der Waals surface area contributed by atoms with Crippen molar-refractivity contribution in [3.8, 4) is 0 Å². The number of hydrogen-bond donors (Lipinski definition) is 2. The van der Waals surface area contributed by atoms with Gasteiger partial charge in [-0.2, -0.15) is 0 Å². The van der Waals surface area contributed by atoms with E-state index in [2.05, 4.69) is 25.2 Å². The minimum absolute atomic E-state index is 0.364. The average molecular weight is 257 g/mol. The SMILES string of the molecule is Cc1sc(C(C)C)cc1NC(O)OC(C)(C)C. The fourth-order valence-electron chi connectivity index (χ4n) is 1.43. The van der Waals surface area contributed by atoms with E-state index in [1.54, 1.807) is 11.3 Å². The van der Waals surface area contributed by atoms with Crippen LogP contribution >= 0.6 is 11.3 Å². The molecular formula is C13H23NO2S. The van der Waals surface area contributed by atoms with Crippen LogP contribution in [0.25, 0.3) is 0 Å². The van der Waals surface area contributed by atoms with Crippen LogP contribution in [0.15, 0.2) is 6.07 Å². The van der Waals surface area contributed by atoms with E-state index in [-0.39, 0.29) is 5.60 Å². The molecule has 0 aliphatic rings. The van der Waals surface area contributed by atoms with Crippen LogP contribution < -0.4 is 5.32 Å². The standard InChI is InChI=1S/C13H23NO2S/c1-8(2)11-7-10(9(3)17-11)14-12(15)16-13(4,5)6/h7-8,12,14-15H,1-6H3. The second-order valence-electron chi connectivity index (χ2n) is 5.50. The van der Waals surface area contributed by atoms with Crippen molar-refractivity contribution in [2.45, 2.75) is 59.5 Å². The van der Waals surface area contributed by atoms with Gasteiger partial charge in [0.1, 0.15) is 0 Å². The topological polar surface area (TPSA) is 41.5 Å². The summed E-state index contributed by atoms with van der Waals surface area (Å²) >= 11 is 1.75. The molecule has 3 nitrogen and oxygen atoms in total. The third-order valence-corrected chi connectivity index (χ3v) is 3.60. The van der Waals surface area contributed by atoms with Crippen LogP contribution in [0.3, 0.4) is 0 Å². The maximum absolute atomic E-state index is 9.78. The molecule has 98 valence electrons. The quantitative estimate of drug-likeness (QED) is 0.808. The van der Waals surface area contributed by atoms with E-state index in [1.807, 2.05) is 27.7 Å². The first-order chi connectivity index (χ1) is 7.69. The lowest BCUT2D eigenvalue weighted by Crippen LogP contribution is -2.32. The third kappa shape index (κ3) is 4.66. The molecular weight excluding hydrogens is 234 g/mol. The molecule has 1 rings (SSSR count). The normalized spacial score (nSPS) is 14.1. The van der Waals surface area contributed by atoms with Crippen molar-refractivity contribution in [1.82, 2.24) is 0 Å². The molecule has 2 N–H and O–H groups in total. The van der Waals surface area contributed by atoms with Crippen LogP contribution in [0.1, 0.15) is 50.3 Å². The Morgan fingerprint density at radius 1 is 1.35 bits per heavy atom. The summed E-state index contributed by atoms with van der Waals surface area (Å²) in [5.74, 6) is 0.509. The maximum atomic E-state index is 9.78. The Kier molecular flexibility index (Phi) is 4.58. The van der Waals surface area contributed by atoms with E-state index in [9.17, 15) is 5.11 Å². The van der Waals surface area contributed by atoms with E-state index >= 15 is 0 Å². The highest BCUT2D eigenvalue weighted by Crippen LogP contribution is 2.31. The first kappa shape index (κ1) is 14.5. The van der Waals surface area contributed by atoms with E-state index < -0.39 is 6.41 Å². The molecule has 1 atom stereocenters. The second kappa shape index (κ2) is 5.38. The fourth-order valence-corrected chi connectivity index (χ4v) is 2.42. The van der Waals surface area contributed by atoms with Crippen molar-refractivity contribution in [2.24, 2.45) is 0 Å². The molecule has 1 aromatic heterocycles. The van der Waals surface area contributed by atoms with Gasteiger partial charge in [-0.3, -0.25) is 0 Å². The zero-order valence-corrected chi connectivity index (χ0v) is 12.3. The number of anilines is 1. The van der Waals surface area contributed by atoms with Gasteiger partial charge in [0.15, 0.2) is 0 Å². The summed E-state index contributed by atoms with van der Waals surface area (Å²) in [4.78, 5) is 2.48. The lowest BCUT2D eigenvalue weighted by atomic mass is 10.2. The summed E-state index contributed by atoms with van der Waals surface area (Å²) in [6.45, 7) is 12.1. The van der Waals surface area contributed by atoms with Crippen molar-refractivity contribution in [3.63, 3.8) is 0 Å². The Hall–Kier alpha value is -0.580. The predicted octanol–water partition coefficient (Wildman–Crippen LogP) is 3.68. The lowest BCUT2D eigenvalue weighted by Gasteiger charge is -2.24. The van der Waals surface area contributed by atoms with E-state index in [0.717, 1.165) is 5.69 Å². The number of hydrogen-bond acceptors (Lipinski definition) is 4. The highest BCUT2D eigenvalue weighted by atomic mass is 32.1. The lowest BCUT2D eigenvalue weighted by molar-refractivity contribution is -0.148. The van der Waals surface area contributed by atoms with E-state index in [1.165, 1.54) is 9.75 Å². The van der Waals surface area contributed by atoms with Gasteiger partial charge in [-0.15, -0.1) is 11.3 Å². The van der Waals surface area contributed by atoms with Gasteiger partial charge in [-0.25, -0.2) is 0 Å². The smallest absolute Gasteiger partial charge is 0.235 e. The molecule has 0 amide bonds. The van der Waals surface area contributed by atoms with Crippen LogP contribution in [0, 0.1) is 6.92 Å². The monoisotopic (exact) mass is 257 g/mol. The highest BCUT2D eigenvalue weighted by molar-refractivity contribution is 7.12. The number of rotatable bonds is 4. The van der Waals surface area contributed by atoms with Crippen molar-refractivity contribution in [3.05, 3.63) is 15.8 Å². The molecule has 17 heavy (non-hydrogen) atoms. The van der Waals surface area contributed by atoms with Crippen LogP contribution in [-0.4, -0.2) is 17.1 Å². The van der Waals surface area contributed by atoms with Gasteiger partial charge < -0.3 is 15.2 Å². The van der Waals surface area contributed by atoms with Gasteiger partial charge in [0, 0.05) is 9.75 Å². The van der Waals surface area contributed by atoms with Crippen LogP contribution in [0.4, 0.5) is 5.69 Å². The Labute approximate surface area is 108 Å². The number of aliphatic hydroxyl groups excluding tert-OH is 1. The van der Waals surface area contributed by atoms with E-state index in [0.29, 0.717) is 5.92 Å². The van der Waals surface area contributed by atoms with Crippen LogP contribution in [0.5, 0.6) is 0 Å². The summed E-state index contributed by atoms with van der Waals surface area (Å²) < 4.78 is 5.42. The van der Waals surface area contributed by atoms with Gasteiger partial charge in [0.25, 0.3) is 0 Å². The zero-order valence-electron chi connectivity index (χ0n) is 11.5. The molecule has 0 aliphatic heterocycles. The van der Waals surface area contributed by atoms with Gasteiger partial charge in [-0.1, -0.05) is 13.8 Å². The summed E-state index contributed by atoms with van der Waals surface area (Å²) in [6.07, 6.45) is -0.969.